The summed E-state index contributed by atoms with van der Waals surface area (Å²) in [5, 5.41) is 0. The molecular weight excluding hydrogens is 202 g/mol. The standard InChI is InChI=1S/C12H21N3O/c1-12(9-13,10-16-3)15(2)8-11-4-6-14-7-5-11/h4-7H,8-10,13H2,1-3H3. The van der Waals surface area contributed by atoms with Crippen molar-refractivity contribution in [3.8, 4) is 0 Å². The van der Waals surface area contributed by atoms with Gasteiger partial charge >= 0.3 is 0 Å². The maximum Gasteiger partial charge on any atom is 0.0656 e. The second-order valence-electron chi connectivity index (χ2n) is 4.35. The molecule has 0 aliphatic rings. The molecule has 1 unspecified atom stereocenters. The van der Waals surface area contributed by atoms with E-state index in [2.05, 4.69) is 23.9 Å². The van der Waals surface area contributed by atoms with Crippen LogP contribution < -0.4 is 5.73 Å². The molecule has 2 N–H and O–H groups in total. The van der Waals surface area contributed by atoms with Crippen molar-refractivity contribution < 1.29 is 4.74 Å². The number of nitrogens with zero attached hydrogens (tertiary/aromatic N) is 2. The number of nitrogens with two attached hydrogens (primary N) is 1. The Bertz CT molecular complexity index is 304. The van der Waals surface area contributed by atoms with Crippen molar-refractivity contribution in [2.75, 3.05) is 27.3 Å². The first-order chi connectivity index (χ1) is 7.62. The van der Waals surface area contributed by atoms with E-state index in [0.717, 1.165) is 6.54 Å². The smallest absolute Gasteiger partial charge is 0.0656 e. The normalized spacial score (nSPS) is 15.1. The van der Waals surface area contributed by atoms with Gasteiger partial charge in [-0.25, -0.2) is 0 Å². The van der Waals surface area contributed by atoms with Crippen molar-refractivity contribution in [1.82, 2.24) is 9.88 Å². The fourth-order valence-corrected chi connectivity index (χ4v) is 1.59. The molecule has 1 atom stereocenters. The lowest BCUT2D eigenvalue weighted by atomic mass is 10.0. The third-order valence-electron chi connectivity index (χ3n) is 2.99. The molecule has 1 aromatic heterocycles. The van der Waals surface area contributed by atoms with E-state index in [1.54, 1.807) is 19.5 Å². The zero-order chi connectivity index (χ0) is 12.0. The Morgan fingerprint density at radius 3 is 2.56 bits per heavy atom. The van der Waals surface area contributed by atoms with Crippen molar-refractivity contribution in [2.24, 2.45) is 5.73 Å². The number of rotatable bonds is 6. The predicted octanol–water partition coefficient (Wildman–Crippen LogP) is 0.877. The van der Waals surface area contributed by atoms with Crippen LogP contribution in [0.4, 0.5) is 0 Å². The van der Waals surface area contributed by atoms with Crippen LogP contribution in [0.1, 0.15) is 12.5 Å². The first-order valence-corrected chi connectivity index (χ1v) is 5.41. The minimum atomic E-state index is -0.127. The van der Waals surface area contributed by atoms with E-state index in [9.17, 15) is 0 Å². The molecule has 1 rings (SSSR count). The molecule has 1 aromatic rings. The van der Waals surface area contributed by atoms with E-state index in [4.69, 9.17) is 10.5 Å². The van der Waals surface area contributed by atoms with E-state index in [1.165, 1.54) is 5.56 Å². The highest BCUT2D eigenvalue weighted by Gasteiger charge is 2.27. The summed E-state index contributed by atoms with van der Waals surface area (Å²) in [6.07, 6.45) is 3.61. The van der Waals surface area contributed by atoms with Gasteiger partial charge in [-0.15, -0.1) is 0 Å². The number of likely N-dealkylation sites (N-methyl/N-ethyl adjacent to an activating group) is 1. The van der Waals surface area contributed by atoms with Gasteiger partial charge in [-0.3, -0.25) is 9.88 Å². The first kappa shape index (κ1) is 13.1. The number of methoxy groups -OCH3 is 1. The highest BCUT2D eigenvalue weighted by atomic mass is 16.5. The van der Waals surface area contributed by atoms with Gasteiger partial charge in [0.15, 0.2) is 0 Å². The zero-order valence-electron chi connectivity index (χ0n) is 10.3. The summed E-state index contributed by atoms with van der Waals surface area (Å²) in [6.45, 7) is 4.16. The van der Waals surface area contributed by atoms with Crippen LogP contribution in [-0.4, -0.2) is 42.7 Å². The minimum Gasteiger partial charge on any atom is -0.383 e. The third kappa shape index (κ3) is 3.27. The zero-order valence-corrected chi connectivity index (χ0v) is 10.3. The van der Waals surface area contributed by atoms with Crippen molar-refractivity contribution in [2.45, 2.75) is 19.0 Å². The minimum absolute atomic E-state index is 0.127. The van der Waals surface area contributed by atoms with Crippen LogP contribution in [0.2, 0.25) is 0 Å². The second-order valence-corrected chi connectivity index (χ2v) is 4.35. The number of aromatic nitrogens is 1. The van der Waals surface area contributed by atoms with E-state index in [-0.39, 0.29) is 5.54 Å². The van der Waals surface area contributed by atoms with E-state index < -0.39 is 0 Å². The lowest BCUT2D eigenvalue weighted by Gasteiger charge is -2.37. The lowest BCUT2D eigenvalue weighted by Crippen LogP contribution is -2.52. The van der Waals surface area contributed by atoms with Gasteiger partial charge < -0.3 is 10.5 Å². The molecule has 90 valence electrons. The van der Waals surface area contributed by atoms with Gasteiger partial charge in [-0.1, -0.05) is 0 Å². The van der Waals surface area contributed by atoms with Gasteiger partial charge in [0.1, 0.15) is 0 Å². The molecular formula is C12H21N3O. The number of ether oxygens (including phenoxy) is 1. The maximum absolute atomic E-state index is 5.81. The van der Waals surface area contributed by atoms with E-state index in [1.807, 2.05) is 12.1 Å². The molecule has 0 aromatic carbocycles. The molecule has 0 saturated heterocycles. The van der Waals surface area contributed by atoms with Crippen molar-refractivity contribution in [3.63, 3.8) is 0 Å². The van der Waals surface area contributed by atoms with Gasteiger partial charge in [0.2, 0.25) is 0 Å². The fraction of sp³-hybridized carbons (Fsp3) is 0.583. The molecule has 0 fully saturated rings. The topological polar surface area (TPSA) is 51.4 Å². The fourth-order valence-electron chi connectivity index (χ4n) is 1.59. The number of hydrogen-bond donors (Lipinski definition) is 1. The van der Waals surface area contributed by atoms with Crippen molar-refractivity contribution in [3.05, 3.63) is 30.1 Å². The molecule has 4 nitrogen and oxygen atoms in total. The molecule has 0 bridgehead atoms. The highest BCUT2D eigenvalue weighted by Crippen LogP contribution is 2.15. The number of pyridine rings is 1. The average Bonchev–Trinajstić information content (AvgIpc) is 2.30. The number of hydrogen-bond acceptors (Lipinski definition) is 4. The average molecular weight is 223 g/mol. The first-order valence-electron chi connectivity index (χ1n) is 5.41. The van der Waals surface area contributed by atoms with Crippen LogP contribution >= 0.6 is 0 Å². The molecule has 0 aliphatic heterocycles. The van der Waals surface area contributed by atoms with Gasteiger partial charge in [0, 0.05) is 32.6 Å². The summed E-state index contributed by atoms with van der Waals surface area (Å²) in [6, 6.07) is 4.03. The van der Waals surface area contributed by atoms with Crippen LogP contribution in [0.3, 0.4) is 0 Å². The summed E-state index contributed by atoms with van der Waals surface area (Å²) in [5.41, 5.74) is 6.92. The second kappa shape index (κ2) is 5.94. The molecule has 0 aliphatic carbocycles. The summed E-state index contributed by atoms with van der Waals surface area (Å²) in [7, 11) is 3.76. The quantitative estimate of drug-likeness (QED) is 0.777. The molecule has 0 saturated carbocycles. The summed E-state index contributed by atoms with van der Waals surface area (Å²) >= 11 is 0. The van der Waals surface area contributed by atoms with Gasteiger partial charge in [-0.2, -0.15) is 0 Å². The molecule has 0 spiro atoms. The largest absolute Gasteiger partial charge is 0.383 e. The monoisotopic (exact) mass is 223 g/mol. The van der Waals surface area contributed by atoms with Crippen molar-refractivity contribution >= 4 is 0 Å². The van der Waals surface area contributed by atoms with Gasteiger partial charge in [0.25, 0.3) is 0 Å². The predicted molar refractivity (Wildman–Crippen MR) is 65.0 cm³/mol. The lowest BCUT2D eigenvalue weighted by molar-refractivity contribution is 0.0390. The maximum atomic E-state index is 5.81. The molecule has 1 heterocycles. The van der Waals surface area contributed by atoms with Crippen LogP contribution in [-0.2, 0) is 11.3 Å². The Morgan fingerprint density at radius 2 is 2.06 bits per heavy atom. The summed E-state index contributed by atoms with van der Waals surface area (Å²) < 4.78 is 5.22. The van der Waals surface area contributed by atoms with Crippen LogP contribution in [0.5, 0.6) is 0 Å². The van der Waals surface area contributed by atoms with Crippen LogP contribution in [0.15, 0.2) is 24.5 Å². The van der Waals surface area contributed by atoms with Crippen LogP contribution in [0, 0.1) is 0 Å². The van der Waals surface area contributed by atoms with E-state index in [0.29, 0.717) is 13.2 Å². The molecule has 0 radical (unpaired) electrons. The Labute approximate surface area is 97.4 Å². The van der Waals surface area contributed by atoms with Gasteiger partial charge in [0.05, 0.1) is 12.1 Å². The third-order valence-corrected chi connectivity index (χ3v) is 2.99. The Morgan fingerprint density at radius 1 is 1.44 bits per heavy atom. The Hall–Kier alpha value is -0.970. The Balaban J connectivity index is 2.66. The molecule has 0 amide bonds. The SMILES string of the molecule is COCC(C)(CN)N(C)Cc1ccncc1. The van der Waals surface area contributed by atoms with Crippen molar-refractivity contribution in [1.29, 1.82) is 0 Å². The van der Waals surface area contributed by atoms with E-state index >= 15 is 0 Å². The van der Waals surface area contributed by atoms with Gasteiger partial charge in [-0.05, 0) is 31.7 Å². The summed E-state index contributed by atoms with van der Waals surface area (Å²) in [5.74, 6) is 0. The highest BCUT2D eigenvalue weighted by molar-refractivity contribution is 5.10. The molecule has 4 heteroatoms. The van der Waals surface area contributed by atoms with Crippen LogP contribution in [0.25, 0.3) is 0 Å². The summed E-state index contributed by atoms with van der Waals surface area (Å²) in [4.78, 5) is 6.22. The Kier molecular flexibility index (Phi) is 4.86. The molecule has 16 heavy (non-hydrogen) atoms.